The van der Waals surface area contributed by atoms with Crippen LogP contribution in [0.15, 0.2) is 30.4 Å². The SMILES string of the molecule is COc1ccc(CN(CCN2CCOCC2)C(=O)C2C3C=CC(C3)C2C(=O)O)cc1OC. The van der Waals surface area contributed by atoms with E-state index >= 15 is 0 Å². The Bertz CT molecular complexity index is 866. The molecule has 4 unspecified atom stereocenters. The summed E-state index contributed by atoms with van der Waals surface area (Å²) in [6.07, 6.45) is 4.75. The van der Waals surface area contributed by atoms with Crippen LogP contribution in [0.1, 0.15) is 12.0 Å². The molecule has 8 heteroatoms. The van der Waals surface area contributed by atoms with Crippen LogP contribution >= 0.6 is 0 Å². The summed E-state index contributed by atoms with van der Waals surface area (Å²) in [6, 6.07) is 5.63. The van der Waals surface area contributed by atoms with Gasteiger partial charge < -0.3 is 24.2 Å². The molecule has 32 heavy (non-hydrogen) atoms. The zero-order chi connectivity index (χ0) is 22.7. The minimum Gasteiger partial charge on any atom is -0.493 e. The summed E-state index contributed by atoms with van der Waals surface area (Å²) in [5.41, 5.74) is 0.920. The number of aliphatic carboxylic acids is 1. The van der Waals surface area contributed by atoms with Gasteiger partial charge in [0.15, 0.2) is 11.5 Å². The first-order valence-electron chi connectivity index (χ1n) is 11.2. The van der Waals surface area contributed by atoms with Crippen molar-refractivity contribution in [3.05, 3.63) is 35.9 Å². The van der Waals surface area contributed by atoms with Crippen molar-refractivity contribution in [3.63, 3.8) is 0 Å². The van der Waals surface area contributed by atoms with Gasteiger partial charge in [-0.1, -0.05) is 18.2 Å². The van der Waals surface area contributed by atoms with Gasteiger partial charge in [0.25, 0.3) is 0 Å². The summed E-state index contributed by atoms with van der Waals surface area (Å²) in [5, 5.41) is 9.83. The number of hydrogen-bond acceptors (Lipinski definition) is 6. The highest BCUT2D eigenvalue weighted by Crippen LogP contribution is 2.49. The molecule has 174 valence electrons. The summed E-state index contributed by atoms with van der Waals surface area (Å²) in [6.45, 7) is 4.74. The number of hydrogen-bond donors (Lipinski definition) is 1. The molecule has 8 nitrogen and oxygen atoms in total. The number of nitrogens with zero attached hydrogens (tertiary/aromatic N) is 2. The third-order valence-corrected chi connectivity index (χ3v) is 6.95. The molecule has 1 heterocycles. The quantitative estimate of drug-likeness (QED) is 0.582. The first-order valence-corrected chi connectivity index (χ1v) is 11.2. The van der Waals surface area contributed by atoms with E-state index < -0.39 is 17.8 Å². The third-order valence-electron chi connectivity index (χ3n) is 6.95. The van der Waals surface area contributed by atoms with Gasteiger partial charge in [-0.2, -0.15) is 0 Å². The Morgan fingerprint density at radius 2 is 1.78 bits per heavy atom. The zero-order valence-electron chi connectivity index (χ0n) is 18.7. The molecular formula is C24H32N2O6. The molecule has 1 amide bonds. The molecule has 2 fully saturated rings. The van der Waals surface area contributed by atoms with Crippen molar-refractivity contribution in [2.75, 3.05) is 53.6 Å². The van der Waals surface area contributed by atoms with Gasteiger partial charge in [-0.05, 0) is 36.0 Å². The van der Waals surface area contributed by atoms with Crippen molar-refractivity contribution in [2.24, 2.45) is 23.7 Å². The van der Waals surface area contributed by atoms with Crippen molar-refractivity contribution in [1.82, 2.24) is 9.80 Å². The van der Waals surface area contributed by atoms with Crippen molar-refractivity contribution in [3.8, 4) is 11.5 Å². The molecular weight excluding hydrogens is 412 g/mol. The van der Waals surface area contributed by atoms with Crippen molar-refractivity contribution in [2.45, 2.75) is 13.0 Å². The van der Waals surface area contributed by atoms with E-state index in [-0.39, 0.29) is 17.7 Å². The van der Waals surface area contributed by atoms with Gasteiger partial charge in [0, 0.05) is 32.7 Å². The van der Waals surface area contributed by atoms with E-state index in [1.807, 2.05) is 35.3 Å². The summed E-state index contributed by atoms with van der Waals surface area (Å²) >= 11 is 0. The molecule has 1 aromatic carbocycles. The third kappa shape index (κ3) is 4.61. The topological polar surface area (TPSA) is 88.5 Å². The maximum atomic E-state index is 13.7. The Hall–Kier alpha value is -2.58. The van der Waals surface area contributed by atoms with E-state index in [0.717, 1.165) is 31.6 Å². The number of morpholine rings is 1. The fraction of sp³-hybridized carbons (Fsp3) is 0.583. The number of benzene rings is 1. The van der Waals surface area contributed by atoms with E-state index in [4.69, 9.17) is 14.2 Å². The molecule has 0 spiro atoms. The summed E-state index contributed by atoms with van der Waals surface area (Å²) in [4.78, 5) is 29.8. The lowest BCUT2D eigenvalue weighted by atomic mass is 9.82. The van der Waals surface area contributed by atoms with Crippen molar-refractivity contribution >= 4 is 11.9 Å². The molecule has 0 radical (unpaired) electrons. The molecule has 3 aliphatic rings. The minimum atomic E-state index is -0.876. The summed E-state index contributed by atoms with van der Waals surface area (Å²) in [7, 11) is 3.17. The smallest absolute Gasteiger partial charge is 0.307 e. The minimum absolute atomic E-state index is 0.00453. The van der Waals surface area contributed by atoms with Gasteiger partial charge in [0.05, 0.1) is 39.3 Å². The predicted octanol–water partition coefficient (Wildman–Crippen LogP) is 1.89. The Kier molecular flexibility index (Phi) is 7.01. The lowest BCUT2D eigenvalue weighted by molar-refractivity contribution is -0.151. The second-order valence-electron chi connectivity index (χ2n) is 8.74. The Morgan fingerprint density at radius 3 is 2.44 bits per heavy atom. The highest BCUT2D eigenvalue weighted by Gasteiger charge is 2.52. The number of rotatable bonds is 9. The second kappa shape index (κ2) is 9.92. The average Bonchev–Trinajstić information content (AvgIpc) is 3.43. The number of carbonyl (C=O) groups is 2. The molecule has 4 atom stereocenters. The second-order valence-corrected chi connectivity index (χ2v) is 8.74. The number of allylic oxidation sites excluding steroid dienone is 2. The van der Waals surface area contributed by atoms with Gasteiger partial charge in [-0.25, -0.2) is 0 Å². The number of carboxylic acid groups (broad SMARTS) is 1. The first-order chi connectivity index (χ1) is 15.5. The van der Waals surface area contributed by atoms with Crippen LogP contribution in [0.25, 0.3) is 0 Å². The zero-order valence-corrected chi connectivity index (χ0v) is 18.7. The van der Waals surface area contributed by atoms with Crippen LogP contribution in [-0.4, -0.2) is 80.4 Å². The van der Waals surface area contributed by atoms with E-state index in [1.54, 1.807) is 14.2 Å². The van der Waals surface area contributed by atoms with Crippen LogP contribution in [-0.2, 0) is 20.9 Å². The maximum Gasteiger partial charge on any atom is 0.307 e. The molecule has 1 aromatic rings. The Morgan fingerprint density at radius 1 is 1.09 bits per heavy atom. The fourth-order valence-electron chi connectivity index (χ4n) is 5.26. The van der Waals surface area contributed by atoms with E-state index in [2.05, 4.69) is 4.90 Å². The van der Waals surface area contributed by atoms with Crippen LogP contribution in [0.4, 0.5) is 0 Å². The first kappa shape index (κ1) is 22.6. The van der Waals surface area contributed by atoms with Crippen LogP contribution in [0.5, 0.6) is 11.5 Å². The number of fused-ring (bicyclic) bond motifs is 2. The highest BCUT2D eigenvalue weighted by molar-refractivity contribution is 5.87. The molecule has 4 rings (SSSR count). The maximum absolute atomic E-state index is 13.7. The van der Waals surface area contributed by atoms with E-state index in [9.17, 15) is 14.7 Å². The monoisotopic (exact) mass is 444 g/mol. The fourth-order valence-corrected chi connectivity index (χ4v) is 5.26. The molecule has 2 aliphatic carbocycles. The molecule has 1 saturated carbocycles. The van der Waals surface area contributed by atoms with Crippen LogP contribution in [0.3, 0.4) is 0 Å². The average molecular weight is 445 g/mol. The van der Waals surface area contributed by atoms with Crippen molar-refractivity contribution < 1.29 is 28.9 Å². The largest absolute Gasteiger partial charge is 0.493 e. The van der Waals surface area contributed by atoms with Crippen LogP contribution < -0.4 is 9.47 Å². The molecule has 0 aromatic heterocycles. The lowest BCUT2D eigenvalue weighted by Crippen LogP contribution is -2.47. The standard InChI is InChI=1S/C24H32N2O6/c1-30-19-6-3-16(13-20(19)31-2)15-26(8-7-25-9-11-32-12-10-25)23(27)21-17-4-5-18(14-17)22(21)24(28)29/h3-6,13,17-18,21-22H,7-12,14-15H2,1-2H3,(H,28,29). The van der Waals surface area contributed by atoms with Gasteiger partial charge in [0.2, 0.25) is 5.91 Å². The van der Waals surface area contributed by atoms with Gasteiger partial charge in [-0.15, -0.1) is 0 Å². The number of carbonyl (C=O) groups excluding carboxylic acids is 1. The van der Waals surface area contributed by atoms with Crippen LogP contribution in [0.2, 0.25) is 0 Å². The molecule has 1 saturated heterocycles. The summed E-state index contributed by atoms with van der Waals surface area (Å²) in [5.74, 6) is -0.903. The molecule has 1 aliphatic heterocycles. The molecule has 1 N–H and O–H groups in total. The van der Waals surface area contributed by atoms with Crippen molar-refractivity contribution in [1.29, 1.82) is 0 Å². The summed E-state index contributed by atoms with van der Waals surface area (Å²) < 4.78 is 16.2. The van der Waals surface area contributed by atoms with E-state index in [1.165, 1.54) is 0 Å². The number of ether oxygens (including phenoxy) is 3. The number of amides is 1. The van der Waals surface area contributed by atoms with Gasteiger partial charge in [-0.3, -0.25) is 14.5 Å². The Labute approximate surface area is 188 Å². The predicted molar refractivity (Wildman–Crippen MR) is 118 cm³/mol. The normalized spacial score (nSPS) is 26.8. The number of carboxylic acids is 1. The molecule has 2 bridgehead atoms. The highest BCUT2D eigenvalue weighted by atomic mass is 16.5. The Balaban J connectivity index is 1.55. The van der Waals surface area contributed by atoms with Gasteiger partial charge in [0.1, 0.15) is 0 Å². The van der Waals surface area contributed by atoms with Gasteiger partial charge >= 0.3 is 5.97 Å². The van der Waals surface area contributed by atoms with E-state index in [0.29, 0.717) is 37.8 Å². The number of methoxy groups -OCH3 is 2. The van der Waals surface area contributed by atoms with Crippen LogP contribution in [0, 0.1) is 23.7 Å². The lowest BCUT2D eigenvalue weighted by Gasteiger charge is -2.34.